The van der Waals surface area contributed by atoms with E-state index in [1.807, 2.05) is 0 Å². The van der Waals surface area contributed by atoms with E-state index in [1.54, 1.807) is 0 Å². The Labute approximate surface area is 124 Å². The summed E-state index contributed by atoms with van der Waals surface area (Å²) in [4.78, 5) is 0. The van der Waals surface area contributed by atoms with Gasteiger partial charge in [-0.25, -0.2) is 0 Å². The Bertz CT molecular complexity index is 402. The summed E-state index contributed by atoms with van der Waals surface area (Å²) in [6.07, 6.45) is 8.11. The number of hydrogen-bond donors (Lipinski definition) is 1. The van der Waals surface area contributed by atoms with Gasteiger partial charge in [-0.15, -0.1) is 0 Å². The van der Waals surface area contributed by atoms with Crippen molar-refractivity contribution in [1.29, 1.82) is 0 Å². The first-order chi connectivity index (χ1) is 9.67. The molecule has 1 atom stereocenters. The van der Waals surface area contributed by atoms with Gasteiger partial charge in [0.05, 0.1) is 5.69 Å². The maximum Gasteiger partial charge on any atom is 0.0596 e. The molecule has 3 heteroatoms. The monoisotopic (exact) mass is 277 g/mol. The van der Waals surface area contributed by atoms with E-state index in [1.165, 1.54) is 37.8 Å². The summed E-state index contributed by atoms with van der Waals surface area (Å²) in [5, 5.41) is 8.15. The van der Waals surface area contributed by atoms with Crippen LogP contribution in [0.5, 0.6) is 0 Å². The van der Waals surface area contributed by atoms with Gasteiger partial charge in [0.2, 0.25) is 0 Å². The predicted molar refractivity (Wildman–Crippen MR) is 84.9 cm³/mol. The zero-order chi connectivity index (χ0) is 14.5. The molecule has 1 aromatic heterocycles. The topological polar surface area (TPSA) is 29.9 Å². The highest BCUT2D eigenvalue weighted by Gasteiger charge is 2.27. The van der Waals surface area contributed by atoms with E-state index >= 15 is 0 Å². The van der Waals surface area contributed by atoms with E-state index in [0.717, 1.165) is 30.5 Å². The van der Waals surface area contributed by atoms with Crippen molar-refractivity contribution in [3.63, 3.8) is 0 Å². The molecule has 1 saturated carbocycles. The molecule has 1 fully saturated rings. The molecule has 0 amide bonds. The number of rotatable bonds is 6. The molecule has 0 spiro atoms. The van der Waals surface area contributed by atoms with E-state index in [4.69, 9.17) is 0 Å². The highest BCUT2D eigenvalue weighted by molar-refractivity contribution is 5.11. The van der Waals surface area contributed by atoms with E-state index in [0.29, 0.717) is 6.04 Å². The Balaban J connectivity index is 1.98. The average Bonchev–Trinajstić information content (AvgIpc) is 2.84. The third kappa shape index (κ3) is 3.63. The second-order valence-electron chi connectivity index (χ2n) is 6.38. The van der Waals surface area contributed by atoms with Gasteiger partial charge in [0, 0.05) is 24.7 Å². The van der Waals surface area contributed by atoms with Crippen molar-refractivity contribution < 1.29 is 0 Å². The normalized spacial score (nSPS) is 24.8. The molecule has 3 nitrogen and oxygen atoms in total. The highest BCUT2D eigenvalue weighted by atomic mass is 15.3. The maximum atomic E-state index is 4.58. The van der Waals surface area contributed by atoms with Crippen LogP contribution in [0.4, 0.5) is 0 Å². The molecule has 1 aliphatic carbocycles. The molecule has 0 radical (unpaired) electrons. The number of nitrogens with zero attached hydrogens (tertiary/aromatic N) is 2. The molecule has 0 bridgehead atoms. The van der Waals surface area contributed by atoms with Crippen LogP contribution < -0.4 is 5.32 Å². The molecule has 1 unspecified atom stereocenters. The van der Waals surface area contributed by atoms with Gasteiger partial charge >= 0.3 is 0 Å². The van der Waals surface area contributed by atoms with Crippen LogP contribution in [0.15, 0.2) is 6.07 Å². The van der Waals surface area contributed by atoms with Gasteiger partial charge in [0.15, 0.2) is 0 Å². The van der Waals surface area contributed by atoms with Gasteiger partial charge < -0.3 is 5.32 Å². The number of nitrogens with one attached hydrogen (secondary N) is 1. The molecular formula is C17H31N3. The van der Waals surface area contributed by atoms with E-state index < -0.39 is 0 Å². The minimum atomic E-state index is 0.606. The van der Waals surface area contributed by atoms with Crippen molar-refractivity contribution in [1.82, 2.24) is 15.1 Å². The van der Waals surface area contributed by atoms with Gasteiger partial charge in [0.25, 0.3) is 0 Å². The molecule has 0 aromatic carbocycles. The fraction of sp³-hybridized carbons (Fsp3) is 0.824. The summed E-state index contributed by atoms with van der Waals surface area (Å²) in [6.45, 7) is 7.58. The zero-order valence-electron chi connectivity index (χ0n) is 13.7. The van der Waals surface area contributed by atoms with Crippen LogP contribution in [-0.2, 0) is 13.0 Å². The highest BCUT2D eigenvalue weighted by Crippen LogP contribution is 2.33. The molecule has 1 heterocycles. The average molecular weight is 277 g/mol. The lowest BCUT2D eigenvalue weighted by molar-refractivity contribution is 0.220. The first-order valence-corrected chi connectivity index (χ1v) is 8.38. The number of hydrogen-bond acceptors (Lipinski definition) is 2. The molecule has 114 valence electrons. The van der Waals surface area contributed by atoms with Crippen molar-refractivity contribution in [3.8, 4) is 0 Å². The predicted octanol–water partition coefficient (Wildman–Crippen LogP) is 3.56. The second kappa shape index (κ2) is 7.26. The molecule has 20 heavy (non-hydrogen) atoms. The van der Waals surface area contributed by atoms with Crippen LogP contribution in [0.2, 0.25) is 0 Å². The molecule has 0 saturated heterocycles. The Kier molecular flexibility index (Phi) is 5.64. The fourth-order valence-corrected chi connectivity index (χ4v) is 3.77. The molecule has 1 aromatic rings. The van der Waals surface area contributed by atoms with Crippen molar-refractivity contribution in [2.75, 3.05) is 7.05 Å². The first kappa shape index (κ1) is 15.6. The van der Waals surface area contributed by atoms with Gasteiger partial charge in [-0.2, -0.15) is 5.10 Å². The third-order valence-electron chi connectivity index (χ3n) is 5.12. The van der Waals surface area contributed by atoms with Crippen LogP contribution in [0, 0.1) is 18.8 Å². The van der Waals surface area contributed by atoms with Gasteiger partial charge in [-0.3, -0.25) is 4.68 Å². The zero-order valence-corrected chi connectivity index (χ0v) is 13.7. The Morgan fingerprint density at radius 3 is 2.55 bits per heavy atom. The van der Waals surface area contributed by atoms with Crippen LogP contribution in [0.1, 0.15) is 57.3 Å². The lowest BCUT2D eigenvalue weighted by atomic mass is 9.76. The van der Waals surface area contributed by atoms with Crippen LogP contribution in [0.3, 0.4) is 0 Å². The molecule has 1 N–H and O–H groups in total. The standard InChI is InChI=1S/C17H31N3/c1-5-14-7-9-15(10-8-14)17(18-4)12-16-11-13(3)19-20(16)6-2/h11,14-15,17-18H,5-10,12H2,1-4H3. The SMILES string of the molecule is CCC1CCC(C(Cc2cc(C)nn2CC)NC)CC1. The minimum Gasteiger partial charge on any atom is -0.316 e. The van der Waals surface area contributed by atoms with Crippen molar-refractivity contribution in [2.45, 2.75) is 71.9 Å². The van der Waals surface area contributed by atoms with Crippen LogP contribution >= 0.6 is 0 Å². The van der Waals surface area contributed by atoms with E-state index in [9.17, 15) is 0 Å². The van der Waals surface area contributed by atoms with Crippen molar-refractivity contribution in [3.05, 3.63) is 17.5 Å². The van der Waals surface area contributed by atoms with Crippen LogP contribution in [-0.4, -0.2) is 22.9 Å². The summed E-state index contributed by atoms with van der Waals surface area (Å²) in [5.74, 6) is 1.82. The minimum absolute atomic E-state index is 0.606. The maximum absolute atomic E-state index is 4.58. The van der Waals surface area contributed by atoms with E-state index in [-0.39, 0.29) is 0 Å². The molecule has 0 aliphatic heterocycles. The van der Waals surface area contributed by atoms with Crippen molar-refractivity contribution in [2.24, 2.45) is 11.8 Å². The van der Waals surface area contributed by atoms with Gasteiger partial charge in [0.1, 0.15) is 0 Å². The van der Waals surface area contributed by atoms with Gasteiger partial charge in [-0.05, 0) is 51.6 Å². The smallest absolute Gasteiger partial charge is 0.0596 e. The van der Waals surface area contributed by atoms with Crippen molar-refractivity contribution >= 4 is 0 Å². The number of likely N-dealkylation sites (N-methyl/N-ethyl adjacent to an activating group) is 1. The fourth-order valence-electron chi connectivity index (χ4n) is 3.77. The van der Waals surface area contributed by atoms with Crippen LogP contribution in [0.25, 0.3) is 0 Å². The first-order valence-electron chi connectivity index (χ1n) is 8.38. The van der Waals surface area contributed by atoms with Gasteiger partial charge in [-0.1, -0.05) is 26.2 Å². The Hall–Kier alpha value is -0.830. The largest absolute Gasteiger partial charge is 0.316 e. The summed E-state index contributed by atoms with van der Waals surface area (Å²) < 4.78 is 2.16. The molecular weight excluding hydrogens is 246 g/mol. The molecule has 1 aliphatic rings. The number of aromatic nitrogens is 2. The summed E-state index contributed by atoms with van der Waals surface area (Å²) in [6, 6.07) is 2.86. The van der Waals surface area contributed by atoms with E-state index in [2.05, 4.69) is 49.0 Å². The molecule has 2 rings (SSSR count). The second-order valence-corrected chi connectivity index (χ2v) is 6.38. The lowest BCUT2D eigenvalue weighted by Gasteiger charge is -2.33. The quantitative estimate of drug-likeness (QED) is 0.861. The Morgan fingerprint density at radius 2 is 2.00 bits per heavy atom. The lowest BCUT2D eigenvalue weighted by Crippen LogP contribution is -2.38. The Morgan fingerprint density at radius 1 is 1.30 bits per heavy atom. The summed E-state index contributed by atoms with van der Waals surface area (Å²) >= 11 is 0. The summed E-state index contributed by atoms with van der Waals surface area (Å²) in [5.41, 5.74) is 2.54. The summed E-state index contributed by atoms with van der Waals surface area (Å²) in [7, 11) is 2.12. The third-order valence-corrected chi connectivity index (χ3v) is 5.12. The number of aryl methyl sites for hydroxylation is 2.